The van der Waals surface area contributed by atoms with Crippen molar-refractivity contribution in [3.8, 4) is 0 Å². The van der Waals surface area contributed by atoms with Crippen LogP contribution >= 0.6 is 12.4 Å². The number of carbonyl (C=O) groups excluding carboxylic acids is 1. The maximum absolute atomic E-state index is 11.7. The minimum atomic E-state index is -0.391. The van der Waals surface area contributed by atoms with E-state index in [9.17, 15) is 4.79 Å². The van der Waals surface area contributed by atoms with Crippen LogP contribution in [0, 0.1) is 0 Å². The number of aromatic nitrogens is 2. The first-order valence-corrected chi connectivity index (χ1v) is 8.91. The highest BCUT2D eigenvalue weighted by Gasteiger charge is 2.31. The summed E-state index contributed by atoms with van der Waals surface area (Å²) < 4.78 is 0. The Morgan fingerprint density at radius 2 is 1.96 bits per heavy atom. The van der Waals surface area contributed by atoms with Gasteiger partial charge in [-0.2, -0.15) is 5.10 Å². The van der Waals surface area contributed by atoms with E-state index >= 15 is 0 Å². The number of nitrogens with zero attached hydrogens (tertiary/aromatic N) is 2. The van der Waals surface area contributed by atoms with Gasteiger partial charge in [-0.25, -0.2) is 10.4 Å². The second-order valence-electron chi connectivity index (χ2n) is 7.33. The first-order chi connectivity index (χ1) is 12.5. The van der Waals surface area contributed by atoms with Gasteiger partial charge in [0.25, 0.3) is 0 Å². The Morgan fingerprint density at radius 1 is 1.19 bits per heavy atom. The van der Waals surface area contributed by atoms with Crippen LogP contribution in [-0.4, -0.2) is 22.1 Å². The maximum atomic E-state index is 11.7. The minimum absolute atomic E-state index is 0. The van der Waals surface area contributed by atoms with Crippen molar-refractivity contribution in [1.82, 2.24) is 15.4 Å². The monoisotopic (exact) mass is 382 g/mol. The zero-order valence-electron chi connectivity index (χ0n) is 15.4. The molecule has 6 heteroatoms. The molecule has 0 saturated carbocycles. The van der Waals surface area contributed by atoms with Gasteiger partial charge in [0.1, 0.15) is 5.82 Å². The molecule has 3 aromatic rings. The number of nitrogens with one attached hydrogen (secondary N) is 2. The summed E-state index contributed by atoms with van der Waals surface area (Å²) in [6, 6.07) is 16.6. The predicted molar refractivity (Wildman–Crippen MR) is 111 cm³/mol. The molecule has 4 rings (SSSR count). The minimum Gasteiger partial charge on any atom is -0.342 e. The third-order valence-electron chi connectivity index (χ3n) is 5.08. The molecule has 2 aromatic carbocycles. The molecule has 0 fully saturated rings. The lowest BCUT2D eigenvalue weighted by atomic mass is 9.79. The van der Waals surface area contributed by atoms with Crippen molar-refractivity contribution >= 4 is 35.6 Å². The number of carbonyl (C=O) groups is 1. The third-order valence-corrected chi connectivity index (χ3v) is 5.08. The molecule has 1 amide bonds. The van der Waals surface area contributed by atoms with E-state index in [1.165, 1.54) is 5.56 Å². The van der Waals surface area contributed by atoms with Crippen LogP contribution in [-0.2, 0) is 16.6 Å². The van der Waals surface area contributed by atoms with E-state index in [0.29, 0.717) is 12.3 Å². The van der Waals surface area contributed by atoms with Gasteiger partial charge >= 0.3 is 0 Å². The molecule has 1 aliphatic rings. The summed E-state index contributed by atoms with van der Waals surface area (Å²) in [5.74, 6) is 1.23. The summed E-state index contributed by atoms with van der Waals surface area (Å²) in [6.07, 6.45) is 3.15. The van der Waals surface area contributed by atoms with Crippen molar-refractivity contribution < 1.29 is 4.79 Å². The van der Waals surface area contributed by atoms with Crippen molar-refractivity contribution in [1.29, 1.82) is 0 Å². The molecule has 1 aliphatic heterocycles. The summed E-state index contributed by atoms with van der Waals surface area (Å²) in [6.45, 7) is 4.22. The van der Waals surface area contributed by atoms with Crippen molar-refractivity contribution in [2.75, 3.05) is 0 Å². The van der Waals surface area contributed by atoms with Gasteiger partial charge in [-0.3, -0.25) is 4.79 Å². The average Bonchev–Trinajstić information content (AvgIpc) is 3.06. The normalized spacial score (nSPS) is 20.1. The van der Waals surface area contributed by atoms with Crippen LogP contribution in [0.15, 0.2) is 53.6 Å². The number of halogens is 1. The van der Waals surface area contributed by atoms with E-state index < -0.39 is 5.41 Å². The second-order valence-corrected chi connectivity index (χ2v) is 7.33. The van der Waals surface area contributed by atoms with Gasteiger partial charge in [0, 0.05) is 24.0 Å². The highest BCUT2D eigenvalue weighted by molar-refractivity contribution is 5.90. The van der Waals surface area contributed by atoms with Crippen LogP contribution in [0.5, 0.6) is 0 Å². The topological polar surface area (TPSA) is 70.1 Å². The molecule has 27 heavy (non-hydrogen) atoms. The molecule has 0 radical (unpaired) electrons. The zero-order chi connectivity index (χ0) is 18.1. The van der Waals surface area contributed by atoms with E-state index in [-0.39, 0.29) is 18.3 Å². The second kappa shape index (κ2) is 7.53. The molecule has 0 saturated heterocycles. The van der Waals surface area contributed by atoms with Crippen molar-refractivity contribution in [3.05, 3.63) is 65.5 Å². The van der Waals surface area contributed by atoms with Crippen LogP contribution in [0.3, 0.4) is 0 Å². The molecule has 2 atom stereocenters. The van der Waals surface area contributed by atoms with Crippen LogP contribution in [0.4, 0.5) is 0 Å². The SMILES string of the molecule is CC(Cc1ccccc1)c1nc2ccc(C3(C)C=NNC(=O)C3)cc2[nH]1.Cl. The fourth-order valence-electron chi connectivity index (χ4n) is 3.52. The van der Waals surface area contributed by atoms with Gasteiger partial charge in [-0.15, -0.1) is 12.4 Å². The van der Waals surface area contributed by atoms with Crippen molar-refractivity contribution in [2.24, 2.45) is 5.10 Å². The molecule has 2 N–H and O–H groups in total. The van der Waals surface area contributed by atoms with Gasteiger partial charge in [-0.1, -0.05) is 43.3 Å². The number of H-pyrrole nitrogens is 1. The molecule has 2 unspecified atom stereocenters. The summed E-state index contributed by atoms with van der Waals surface area (Å²) >= 11 is 0. The standard InChI is InChI=1S/C21H22N4O.ClH/c1-14(10-15-6-4-3-5-7-15)20-23-17-9-8-16(11-18(17)24-20)21(2)12-19(26)25-22-13-21;/h3-9,11,13-14H,10,12H2,1-2H3,(H,23,24)(H,25,26);1H. The number of rotatable bonds is 4. The Balaban J connectivity index is 0.00000210. The van der Waals surface area contributed by atoms with Gasteiger partial charge in [0.05, 0.1) is 11.0 Å². The van der Waals surface area contributed by atoms with Gasteiger partial charge in [0.2, 0.25) is 5.91 Å². The number of fused-ring (bicyclic) bond motifs is 1. The van der Waals surface area contributed by atoms with Crippen LogP contribution < -0.4 is 5.43 Å². The molecular weight excluding hydrogens is 360 g/mol. The van der Waals surface area contributed by atoms with E-state index in [1.54, 1.807) is 0 Å². The lowest BCUT2D eigenvalue weighted by Crippen LogP contribution is -2.37. The predicted octanol–water partition coefficient (Wildman–Crippen LogP) is 4.09. The average molecular weight is 383 g/mol. The number of benzene rings is 2. The molecule has 0 aliphatic carbocycles. The number of hydrogen-bond acceptors (Lipinski definition) is 3. The largest absolute Gasteiger partial charge is 0.342 e. The third kappa shape index (κ3) is 3.88. The Labute approximate surface area is 164 Å². The lowest BCUT2D eigenvalue weighted by Gasteiger charge is -2.27. The van der Waals surface area contributed by atoms with E-state index in [1.807, 2.05) is 31.3 Å². The molecule has 2 heterocycles. The molecular formula is C21H23ClN4O. The quantitative estimate of drug-likeness (QED) is 0.713. The van der Waals surface area contributed by atoms with E-state index in [0.717, 1.165) is 28.8 Å². The highest BCUT2D eigenvalue weighted by Crippen LogP contribution is 2.30. The van der Waals surface area contributed by atoms with Gasteiger partial charge in [0.15, 0.2) is 0 Å². The fourth-order valence-corrected chi connectivity index (χ4v) is 3.52. The van der Waals surface area contributed by atoms with E-state index in [2.05, 4.69) is 52.8 Å². The summed E-state index contributed by atoms with van der Waals surface area (Å²) in [7, 11) is 0. The number of amides is 1. The Hall–Kier alpha value is -2.66. The molecule has 0 spiro atoms. The van der Waals surface area contributed by atoms with Gasteiger partial charge in [-0.05, 0) is 36.6 Å². The summed E-state index contributed by atoms with van der Waals surface area (Å²) in [5, 5.41) is 4.00. The van der Waals surface area contributed by atoms with Crippen molar-refractivity contribution in [2.45, 2.75) is 38.0 Å². The number of imidazole rings is 1. The summed E-state index contributed by atoms with van der Waals surface area (Å²) in [5.41, 5.74) is 6.42. The molecule has 5 nitrogen and oxygen atoms in total. The smallest absolute Gasteiger partial charge is 0.241 e. The molecule has 140 valence electrons. The summed E-state index contributed by atoms with van der Waals surface area (Å²) in [4.78, 5) is 20.0. The fraction of sp³-hybridized carbons (Fsp3) is 0.286. The number of aromatic amines is 1. The van der Waals surface area contributed by atoms with E-state index in [4.69, 9.17) is 4.98 Å². The Morgan fingerprint density at radius 3 is 2.70 bits per heavy atom. The Bertz CT molecular complexity index is 982. The lowest BCUT2D eigenvalue weighted by molar-refractivity contribution is -0.122. The Kier molecular flexibility index (Phi) is 5.33. The first-order valence-electron chi connectivity index (χ1n) is 8.91. The molecule has 0 bridgehead atoms. The van der Waals surface area contributed by atoms with Crippen molar-refractivity contribution in [3.63, 3.8) is 0 Å². The first kappa shape index (κ1) is 19.1. The van der Waals surface area contributed by atoms with Crippen LogP contribution in [0.1, 0.15) is 43.1 Å². The molecule has 1 aromatic heterocycles. The number of hydrazone groups is 1. The number of hydrogen-bond donors (Lipinski definition) is 2. The maximum Gasteiger partial charge on any atom is 0.241 e. The highest BCUT2D eigenvalue weighted by atomic mass is 35.5. The van der Waals surface area contributed by atoms with Gasteiger partial charge < -0.3 is 4.98 Å². The van der Waals surface area contributed by atoms with Crippen LogP contribution in [0.2, 0.25) is 0 Å². The zero-order valence-corrected chi connectivity index (χ0v) is 16.2. The van der Waals surface area contributed by atoms with Crippen LogP contribution in [0.25, 0.3) is 11.0 Å².